The van der Waals surface area contributed by atoms with E-state index >= 15 is 0 Å². The minimum Gasteiger partial charge on any atom is -0.325 e. The molecule has 0 aliphatic heterocycles. The maximum absolute atomic E-state index is 12.5. The third-order valence-electron chi connectivity index (χ3n) is 6.74. The number of nitrogens with zero attached hydrogens (tertiary/aromatic N) is 3. The minimum atomic E-state index is -0.300. The Bertz CT molecular complexity index is 896. The fraction of sp³-hybridized carbons (Fsp3) is 0.524. The van der Waals surface area contributed by atoms with E-state index in [1.165, 1.54) is 17.3 Å². The summed E-state index contributed by atoms with van der Waals surface area (Å²) in [6.45, 7) is 10.8. The molecule has 0 spiro atoms. The van der Waals surface area contributed by atoms with Gasteiger partial charge in [-0.25, -0.2) is 4.98 Å². The number of hydrogen-bond donors (Lipinski definition) is 1. The Labute approximate surface area is 164 Å². The Morgan fingerprint density at radius 3 is 2.63 bits per heavy atom. The van der Waals surface area contributed by atoms with E-state index in [-0.39, 0.29) is 22.0 Å². The normalized spacial score (nSPS) is 25.9. The molecular weight excluding hydrogens is 356 g/mol. The van der Waals surface area contributed by atoms with E-state index in [1.807, 2.05) is 38.1 Å². The first-order valence-corrected chi connectivity index (χ1v) is 10.4. The molecule has 1 N–H and O–H groups in total. The van der Waals surface area contributed by atoms with Crippen LogP contribution < -0.4 is 5.32 Å². The molecule has 2 aliphatic rings. The van der Waals surface area contributed by atoms with Gasteiger partial charge in [-0.05, 0) is 44.2 Å². The molecule has 0 radical (unpaired) electrons. The number of carbonyl (C=O) groups is 1. The number of aromatic nitrogens is 3. The van der Waals surface area contributed by atoms with E-state index in [0.29, 0.717) is 11.1 Å². The van der Waals surface area contributed by atoms with Crippen LogP contribution in [0.3, 0.4) is 0 Å². The van der Waals surface area contributed by atoms with Crippen molar-refractivity contribution in [3.63, 3.8) is 0 Å². The van der Waals surface area contributed by atoms with Gasteiger partial charge in [-0.3, -0.25) is 4.79 Å². The number of anilines is 1. The van der Waals surface area contributed by atoms with Gasteiger partial charge in [0, 0.05) is 17.0 Å². The second-order valence-electron chi connectivity index (χ2n) is 8.59. The molecule has 0 saturated heterocycles. The molecule has 6 heteroatoms. The van der Waals surface area contributed by atoms with E-state index in [2.05, 4.69) is 36.3 Å². The Morgan fingerprint density at radius 2 is 1.93 bits per heavy atom. The van der Waals surface area contributed by atoms with Crippen molar-refractivity contribution < 1.29 is 4.79 Å². The van der Waals surface area contributed by atoms with Crippen molar-refractivity contribution in [2.75, 3.05) is 5.32 Å². The van der Waals surface area contributed by atoms with Crippen molar-refractivity contribution >= 4 is 23.4 Å². The topological polar surface area (TPSA) is 67.8 Å². The minimum absolute atomic E-state index is 0.0473. The number of hydrogen-bond acceptors (Lipinski definition) is 5. The van der Waals surface area contributed by atoms with Crippen LogP contribution in [0, 0.1) is 12.3 Å². The van der Waals surface area contributed by atoms with Gasteiger partial charge in [-0.1, -0.05) is 50.2 Å². The number of rotatable bonds is 4. The molecule has 2 bridgehead atoms. The van der Waals surface area contributed by atoms with Crippen molar-refractivity contribution in [3.05, 3.63) is 41.2 Å². The van der Waals surface area contributed by atoms with E-state index in [0.717, 1.165) is 29.9 Å². The number of benzene rings is 1. The zero-order valence-corrected chi connectivity index (χ0v) is 17.4. The molecule has 1 saturated carbocycles. The SMILES string of the molecule is Cc1ccc(NC(=O)[C@H](C)Sc2nnc3c(n2)[C@]2(C)CC[C@H]3C2(C)C)cc1. The van der Waals surface area contributed by atoms with Crippen LogP contribution in [0.15, 0.2) is 29.4 Å². The number of thioether (sulfide) groups is 1. The van der Waals surface area contributed by atoms with Crippen LogP contribution in [0.5, 0.6) is 0 Å². The Balaban J connectivity index is 1.50. The predicted molar refractivity (Wildman–Crippen MR) is 108 cm³/mol. The molecular formula is C21H26N4OS. The van der Waals surface area contributed by atoms with Crippen molar-refractivity contribution in [2.45, 2.75) is 69.2 Å². The molecule has 3 atom stereocenters. The van der Waals surface area contributed by atoms with E-state index in [4.69, 9.17) is 4.98 Å². The lowest BCUT2D eigenvalue weighted by Crippen LogP contribution is -2.32. The van der Waals surface area contributed by atoms with Crippen molar-refractivity contribution in [2.24, 2.45) is 5.41 Å². The zero-order valence-electron chi connectivity index (χ0n) is 16.5. The molecule has 142 valence electrons. The largest absolute Gasteiger partial charge is 0.325 e. The maximum Gasteiger partial charge on any atom is 0.237 e. The molecule has 4 rings (SSSR count). The summed E-state index contributed by atoms with van der Waals surface area (Å²) in [5.74, 6) is 0.389. The summed E-state index contributed by atoms with van der Waals surface area (Å²) in [6.07, 6.45) is 2.30. The molecule has 0 unspecified atom stereocenters. The third kappa shape index (κ3) is 2.85. The number of nitrogens with one attached hydrogen (secondary N) is 1. The second kappa shape index (κ2) is 6.30. The monoisotopic (exact) mass is 382 g/mol. The Morgan fingerprint density at radius 1 is 1.22 bits per heavy atom. The summed E-state index contributed by atoms with van der Waals surface area (Å²) >= 11 is 1.37. The van der Waals surface area contributed by atoms with Crippen molar-refractivity contribution in [1.82, 2.24) is 15.2 Å². The summed E-state index contributed by atoms with van der Waals surface area (Å²) in [5, 5.41) is 12.1. The lowest BCUT2D eigenvalue weighted by molar-refractivity contribution is -0.115. The summed E-state index contributed by atoms with van der Waals surface area (Å²) in [6, 6.07) is 7.80. The highest BCUT2D eigenvalue weighted by atomic mass is 32.2. The van der Waals surface area contributed by atoms with Crippen molar-refractivity contribution in [3.8, 4) is 0 Å². The van der Waals surface area contributed by atoms with E-state index in [9.17, 15) is 4.79 Å². The van der Waals surface area contributed by atoms with Crippen LogP contribution in [-0.4, -0.2) is 26.3 Å². The van der Waals surface area contributed by atoms with Crippen LogP contribution in [0.1, 0.15) is 63.4 Å². The first-order valence-electron chi connectivity index (χ1n) is 9.51. The molecule has 1 heterocycles. The number of carbonyl (C=O) groups excluding carboxylic acids is 1. The highest BCUT2D eigenvalue weighted by Gasteiger charge is 2.61. The summed E-state index contributed by atoms with van der Waals surface area (Å²) in [4.78, 5) is 17.4. The van der Waals surface area contributed by atoms with Crippen molar-refractivity contribution in [1.29, 1.82) is 0 Å². The molecule has 1 amide bonds. The van der Waals surface area contributed by atoms with E-state index in [1.54, 1.807) is 0 Å². The summed E-state index contributed by atoms with van der Waals surface area (Å²) in [5.41, 5.74) is 4.33. The van der Waals surface area contributed by atoms with Crippen LogP contribution in [0.4, 0.5) is 5.69 Å². The lowest BCUT2D eigenvalue weighted by atomic mass is 9.70. The summed E-state index contributed by atoms with van der Waals surface area (Å²) in [7, 11) is 0. The molecule has 2 aromatic rings. The molecule has 1 aromatic carbocycles. The first kappa shape index (κ1) is 18.4. The van der Waals surface area contributed by atoms with Gasteiger partial charge >= 0.3 is 0 Å². The van der Waals surface area contributed by atoms with E-state index < -0.39 is 0 Å². The van der Waals surface area contributed by atoms with Gasteiger partial charge in [0.05, 0.1) is 16.6 Å². The van der Waals surface area contributed by atoms with Gasteiger partial charge in [-0.15, -0.1) is 5.10 Å². The molecule has 1 fully saturated rings. The third-order valence-corrected chi connectivity index (χ3v) is 7.69. The highest BCUT2D eigenvalue weighted by molar-refractivity contribution is 8.00. The Kier molecular flexibility index (Phi) is 4.29. The number of amides is 1. The zero-order chi connectivity index (χ0) is 19.4. The standard InChI is InChI=1S/C21H26N4OS/c1-12-6-8-14(9-7-12)22-18(26)13(2)27-19-23-17-16(24-25-19)15-10-11-21(17,5)20(15,3)4/h6-9,13,15H,10-11H2,1-5H3,(H,22,26)/t13-,15+,21-/m0/s1. The lowest BCUT2D eigenvalue weighted by Gasteiger charge is -2.34. The quantitative estimate of drug-likeness (QED) is 0.790. The fourth-order valence-electron chi connectivity index (χ4n) is 4.51. The van der Waals surface area contributed by atoms with Gasteiger partial charge < -0.3 is 5.32 Å². The van der Waals surface area contributed by atoms with Gasteiger partial charge in [0.1, 0.15) is 0 Å². The average molecular weight is 383 g/mol. The molecule has 2 aliphatic carbocycles. The maximum atomic E-state index is 12.5. The van der Waals surface area contributed by atoms with Gasteiger partial charge in [0.15, 0.2) is 0 Å². The van der Waals surface area contributed by atoms with Gasteiger partial charge in [-0.2, -0.15) is 5.10 Å². The van der Waals surface area contributed by atoms with Crippen LogP contribution in [0.2, 0.25) is 0 Å². The molecule has 1 aromatic heterocycles. The fourth-order valence-corrected chi connectivity index (χ4v) is 5.22. The predicted octanol–water partition coefficient (Wildman–Crippen LogP) is 4.47. The Hall–Kier alpha value is -1.95. The molecule has 27 heavy (non-hydrogen) atoms. The van der Waals surface area contributed by atoms with Gasteiger partial charge in [0.2, 0.25) is 11.1 Å². The van der Waals surface area contributed by atoms with Crippen LogP contribution in [0.25, 0.3) is 0 Å². The first-order chi connectivity index (χ1) is 12.7. The smallest absolute Gasteiger partial charge is 0.237 e. The second-order valence-corrected chi connectivity index (χ2v) is 9.90. The van der Waals surface area contributed by atoms with Gasteiger partial charge in [0.25, 0.3) is 0 Å². The van der Waals surface area contributed by atoms with Crippen LogP contribution >= 0.6 is 11.8 Å². The van der Waals surface area contributed by atoms with Crippen LogP contribution in [-0.2, 0) is 10.2 Å². The molecule has 5 nitrogen and oxygen atoms in total. The summed E-state index contributed by atoms with van der Waals surface area (Å²) < 4.78 is 0. The average Bonchev–Trinajstić information content (AvgIpc) is 2.96. The highest BCUT2D eigenvalue weighted by Crippen LogP contribution is 2.66. The number of fused-ring (bicyclic) bond motifs is 5. The number of aryl methyl sites for hydroxylation is 1.